The average Bonchev–Trinajstić information content (AvgIpc) is 2.04. The van der Waals surface area contributed by atoms with E-state index in [9.17, 15) is 4.79 Å². The second-order valence-corrected chi connectivity index (χ2v) is 29.5. The molecular formula is C79H139NO3. The van der Waals surface area contributed by atoms with Crippen LogP contribution in [0.2, 0.25) is 0 Å². The summed E-state index contributed by atoms with van der Waals surface area (Å²) in [5.74, 6) is -0.0218. The Morgan fingerprint density at radius 3 is 0.940 bits per heavy atom. The van der Waals surface area contributed by atoms with Gasteiger partial charge in [0.15, 0.2) is 5.43 Å². The second kappa shape index (κ2) is 33.1. The molecule has 3 rings (SSSR count). The second-order valence-electron chi connectivity index (χ2n) is 29.5. The van der Waals surface area contributed by atoms with Gasteiger partial charge >= 0.3 is 5.97 Å². The Labute approximate surface area is 516 Å². The van der Waals surface area contributed by atoms with Crippen LogP contribution in [0.25, 0.3) is 21.8 Å². The van der Waals surface area contributed by atoms with Crippen molar-refractivity contribution >= 4 is 27.8 Å². The number of pyridine rings is 1. The van der Waals surface area contributed by atoms with Crippen molar-refractivity contribution < 1.29 is 9.53 Å². The fourth-order valence-electron chi connectivity index (χ4n) is 19.0. The van der Waals surface area contributed by atoms with Crippen LogP contribution < -0.4 is 5.43 Å². The molecule has 478 valence electrons. The van der Waals surface area contributed by atoms with Gasteiger partial charge in [0.2, 0.25) is 0 Å². The summed E-state index contributed by atoms with van der Waals surface area (Å²) >= 11 is 0. The van der Waals surface area contributed by atoms with E-state index >= 15 is 4.79 Å². The normalized spacial score (nSPS) is 15.0. The molecule has 0 bridgehead atoms. The predicted octanol–water partition coefficient (Wildman–Crippen LogP) is 25.5. The number of unbranched alkanes of at least 4 members (excludes halogenated alkanes) is 2. The molecule has 4 nitrogen and oxygen atoms in total. The van der Waals surface area contributed by atoms with Crippen molar-refractivity contribution in [3.8, 4) is 0 Å². The van der Waals surface area contributed by atoms with Crippen molar-refractivity contribution in [2.75, 3.05) is 6.61 Å². The molecule has 2 aromatic carbocycles. The Balaban J connectivity index is 2.79. The van der Waals surface area contributed by atoms with Crippen LogP contribution in [0, 0.1) is 54.1 Å². The third-order valence-electron chi connectivity index (χ3n) is 26.3. The Morgan fingerprint density at radius 1 is 0.361 bits per heavy atom. The Kier molecular flexibility index (Phi) is 29.8. The van der Waals surface area contributed by atoms with E-state index in [-0.39, 0.29) is 66.7 Å². The number of para-hydroxylation sites is 2. The highest BCUT2D eigenvalue weighted by molar-refractivity contribution is 5.93. The summed E-state index contributed by atoms with van der Waals surface area (Å²) in [6.45, 7) is 53.6. The molecule has 1 heterocycles. The van der Waals surface area contributed by atoms with Crippen molar-refractivity contribution in [3.05, 3.63) is 58.8 Å². The number of esters is 1. The molecule has 0 amide bonds. The number of aromatic nitrogens is 1. The average molecular weight is 1150 g/mol. The molecule has 0 fully saturated rings. The molecule has 2 unspecified atom stereocenters. The molecule has 0 spiro atoms. The number of fused-ring (bicyclic) bond motifs is 2. The first kappa shape index (κ1) is 74.6. The van der Waals surface area contributed by atoms with E-state index in [1.165, 1.54) is 173 Å². The lowest BCUT2D eigenvalue weighted by atomic mass is 9.45. The van der Waals surface area contributed by atoms with Gasteiger partial charge in [-0.3, -0.25) is 9.59 Å². The molecule has 1 aromatic heterocycles. The van der Waals surface area contributed by atoms with E-state index in [2.05, 4.69) is 162 Å². The van der Waals surface area contributed by atoms with Crippen LogP contribution in [0.15, 0.2) is 53.3 Å². The molecule has 83 heavy (non-hydrogen) atoms. The Hall–Kier alpha value is -2.62. The van der Waals surface area contributed by atoms with Gasteiger partial charge in [-0.05, 0) is 151 Å². The number of ether oxygens (including phenoxy) is 1. The summed E-state index contributed by atoms with van der Waals surface area (Å²) < 4.78 is 9.18. The lowest BCUT2D eigenvalue weighted by molar-refractivity contribution is -0.161. The van der Waals surface area contributed by atoms with Crippen LogP contribution in [-0.4, -0.2) is 17.1 Å². The van der Waals surface area contributed by atoms with Gasteiger partial charge in [0.1, 0.15) is 6.61 Å². The van der Waals surface area contributed by atoms with Crippen molar-refractivity contribution in [1.82, 2.24) is 4.57 Å². The minimum atomic E-state index is -0.726. The van der Waals surface area contributed by atoms with Crippen LogP contribution in [0.4, 0.5) is 0 Å². The zero-order valence-electron chi connectivity index (χ0n) is 59.3. The lowest BCUT2D eigenvalue weighted by Gasteiger charge is -2.60. The highest BCUT2D eigenvalue weighted by atomic mass is 16.5. The fourth-order valence-corrected chi connectivity index (χ4v) is 19.0. The molecule has 0 aliphatic heterocycles. The maximum atomic E-state index is 16.2. The molecule has 2 atom stereocenters. The van der Waals surface area contributed by atoms with E-state index in [0.29, 0.717) is 17.3 Å². The van der Waals surface area contributed by atoms with Gasteiger partial charge in [-0.1, -0.05) is 298 Å². The Morgan fingerprint density at radius 2 is 0.639 bits per heavy atom. The van der Waals surface area contributed by atoms with E-state index in [0.717, 1.165) is 43.1 Å². The van der Waals surface area contributed by atoms with E-state index in [1.54, 1.807) is 0 Å². The van der Waals surface area contributed by atoms with Gasteiger partial charge in [-0.15, -0.1) is 0 Å². The number of hydrogen-bond acceptors (Lipinski definition) is 3. The summed E-state index contributed by atoms with van der Waals surface area (Å²) in [6, 6.07) is 16.0. The summed E-state index contributed by atoms with van der Waals surface area (Å²) in [5, 5.41) is 1.42. The maximum absolute atomic E-state index is 16.2. The lowest BCUT2D eigenvalue weighted by Crippen LogP contribution is -2.50. The van der Waals surface area contributed by atoms with Crippen LogP contribution in [0.5, 0.6) is 0 Å². The quantitative estimate of drug-likeness (QED) is 0.0322. The maximum Gasteiger partial charge on any atom is 0.311 e. The largest absolute Gasteiger partial charge is 0.463 e. The minimum absolute atomic E-state index is 0.0218. The molecule has 0 saturated carbocycles. The summed E-state index contributed by atoms with van der Waals surface area (Å²) in [5.41, 5.74) is 2.41. The summed E-state index contributed by atoms with van der Waals surface area (Å²) in [4.78, 5) is 30.1. The number of carbonyl (C=O) groups is 1. The molecule has 0 aliphatic carbocycles. The Bertz CT molecular complexity index is 2190. The van der Waals surface area contributed by atoms with E-state index in [4.69, 9.17) is 4.74 Å². The number of nitrogens with zero attached hydrogens (tertiary/aromatic N) is 1. The summed E-state index contributed by atoms with van der Waals surface area (Å²) in [6.07, 6.45) is 38.3. The van der Waals surface area contributed by atoms with Gasteiger partial charge in [0.25, 0.3) is 0 Å². The standard InChI is InChI=1S/C79H139NO3/c1-22-42-47-52-77(56-71(24-3,25-4)26-5,57-72(27-6,28-7)29-8)62-78(58-73(30-9,31-10)32-11,63-79(59-74(33-12,34-13)35-14,60-75(36-15,37-16)38-17)61-76(39-18,40-19)41-20)55-70(21,23-2)69(82)83-54-53-80-66-50-45-43-48-64(66)68(81)65-49-44-46-51-67(65)80/h43-46,48-51H,22-42,47,52-63H2,1-21H3. The minimum Gasteiger partial charge on any atom is -0.463 e. The molecule has 0 N–H and O–H groups in total. The first-order valence-corrected chi connectivity index (χ1v) is 36.1. The van der Waals surface area contributed by atoms with Gasteiger partial charge in [0, 0.05) is 10.8 Å². The molecule has 0 aliphatic rings. The van der Waals surface area contributed by atoms with E-state index in [1.807, 2.05) is 36.4 Å². The first-order chi connectivity index (χ1) is 39.5. The molecule has 0 saturated heterocycles. The van der Waals surface area contributed by atoms with Crippen molar-refractivity contribution in [2.24, 2.45) is 54.1 Å². The zero-order chi connectivity index (χ0) is 62.4. The fraction of sp³-hybridized carbons (Fsp3) is 0.823. The topological polar surface area (TPSA) is 48.3 Å². The van der Waals surface area contributed by atoms with Crippen LogP contribution in [0.3, 0.4) is 0 Å². The first-order valence-electron chi connectivity index (χ1n) is 36.1. The van der Waals surface area contributed by atoms with Crippen molar-refractivity contribution in [1.29, 1.82) is 0 Å². The molecular weight excluding hydrogens is 1010 g/mol. The molecule has 3 aromatic rings. The zero-order valence-corrected chi connectivity index (χ0v) is 59.3. The number of hydrogen-bond donors (Lipinski definition) is 0. The number of carbonyl (C=O) groups excluding carboxylic acids is 1. The van der Waals surface area contributed by atoms with E-state index < -0.39 is 5.41 Å². The van der Waals surface area contributed by atoms with Crippen LogP contribution >= 0.6 is 0 Å². The number of benzene rings is 2. The van der Waals surface area contributed by atoms with Gasteiger partial charge in [-0.2, -0.15) is 0 Å². The van der Waals surface area contributed by atoms with Gasteiger partial charge in [-0.25, -0.2) is 0 Å². The third-order valence-corrected chi connectivity index (χ3v) is 26.3. The molecule has 4 heteroatoms. The SMILES string of the molecule is CCCCCC(CC(CC)(CC)CC)(CC(CC)(CC)CC)CC(CC(CC)(CC)CC)(CC(CC(CC)(CC)CC)(CC(CC)(CC)CC)CC(CC)(CC)CC)CC(C)(CC)C(=O)OCCn1c2ccccc2c(=O)c2ccccc21. The van der Waals surface area contributed by atoms with Crippen molar-refractivity contribution in [3.63, 3.8) is 0 Å². The van der Waals surface area contributed by atoms with Crippen LogP contribution in [-0.2, 0) is 16.1 Å². The summed E-state index contributed by atoms with van der Waals surface area (Å²) in [7, 11) is 0. The van der Waals surface area contributed by atoms with Crippen molar-refractivity contribution in [2.45, 2.75) is 357 Å². The monoisotopic (exact) mass is 1150 g/mol. The van der Waals surface area contributed by atoms with Gasteiger partial charge in [0.05, 0.1) is 23.0 Å². The molecule has 0 radical (unpaired) electrons. The highest BCUT2D eigenvalue weighted by Crippen LogP contribution is 2.68. The smallest absolute Gasteiger partial charge is 0.311 e. The number of rotatable bonds is 45. The third kappa shape index (κ3) is 17.6. The highest BCUT2D eigenvalue weighted by Gasteiger charge is 2.58. The van der Waals surface area contributed by atoms with Gasteiger partial charge < -0.3 is 9.30 Å². The van der Waals surface area contributed by atoms with Crippen LogP contribution in [0.1, 0.15) is 351 Å². The predicted molar refractivity (Wildman–Crippen MR) is 368 cm³/mol.